The van der Waals surface area contributed by atoms with Crippen LogP contribution < -0.4 is 10.1 Å². The number of hydrogen-bond donors (Lipinski definition) is 1. The third kappa shape index (κ3) is 4.11. The van der Waals surface area contributed by atoms with Gasteiger partial charge in [-0.05, 0) is 18.2 Å². The molecule has 10 heteroatoms. The standard InChI is InChI=1S/C18H17F2N3O4S/c1-27-14-6-4-3-5-11(14)8-16(24)21-13-7-12-10-23(18(19)20)22-17(12)15(9-13)28(2,25)26/h3-7,9-10,18H,8H2,1-2H3,(H,21,24). The second-order valence-electron chi connectivity index (χ2n) is 6.11. The number of nitrogens with zero attached hydrogens (tertiary/aromatic N) is 2. The number of carbonyl (C=O) groups excluding carboxylic acids is 1. The zero-order valence-corrected chi connectivity index (χ0v) is 15.8. The smallest absolute Gasteiger partial charge is 0.333 e. The Morgan fingerprint density at radius 2 is 2.00 bits per heavy atom. The van der Waals surface area contributed by atoms with Crippen molar-refractivity contribution in [3.63, 3.8) is 0 Å². The molecule has 0 fully saturated rings. The number of para-hydroxylation sites is 1. The van der Waals surface area contributed by atoms with Crippen molar-refractivity contribution in [2.75, 3.05) is 18.7 Å². The third-order valence-electron chi connectivity index (χ3n) is 4.02. The Kier molecular flexibility index (Phi) is 5.32. The van der Waals surface area contributed by atoms with Gasteiger partial charge in [0.15, 0.2) is 9.84 Å². The predicted octanol–water partition coefficient (Wildman–Crippen LogP) is 3.02. The lowest BCUT2D eigenvalue weighted by atomic mass is 10.1. The maximum atomic E-state index is 12.9. The number of carbonyl (C=O) groups is 1. The normalized spacial score (nSPS) is 11.8. The highest BCUT2D eigenvalue weighted by molar-refractivity contribution is 7.91. The molecule has 1 aromatic heterocycles. The molecule has 0 aliphatic carbocycles. The van der Waals surface area contributed by atoms with Gasteiger partial charge in [0.2, 0.25) is 5.91 Å². The van der Waals surface area contributed by atoms with E-state index in [1.165, 1.54) is 19.2 Å². The quantitative estimate of drug-likeness (QED) is 0.676. The van der Waals surface area contributed by atoms with E-state index in [0.29, 0.717) is 16.0 Å². The molecule has 0 aliphatic heterocycles. The van der Waals surface area contributed by atoms with E-state index >= 15 is 0 Å². The number of halogens is 2. The predicted molar refractivity (Wildman–Crippen MR) is 99.4 cm³/mol. The van der Waals surface area contributed by atoms with Crippen molar-refractivity contribution in [2.24, 2.45) is 0 Å². The van der Waals surface area contributed by atoms with Crippen LogP contribution in [-0.2, 0) is 21.1 Å². The average Bonchev–Trinajstić information content (AvgIpc) is 3.04. The maximum Gasteiger partial charge on any atom is 0.333 e. The molecule has 0 atom stereocenters. The van der Waals surface area contributed by atoms with Crippen LogP contribution in [0.5, 0.6) is 5.75 Å². The van der Waals surface area contributed by atoms with E-state index in [0.717, 1.165) is 12.5 Å². The van der Waals surface area contributed by atoms with Crippen LogP contribution in [0.15, 0.2) is 47.5 Å². The van der Waals surface area contributed by atoms with Gasteiger partial charge in [-0.15, -0.1) is 0 Å². The number of ether oxygens (including phenoxy) is 1. The number of sulfone groups is 1. The number of fused-ring (bicyclic) bond motifs is 1. The van der Waals surface area contributed by atoms with Crippen LogP contribution in [-0.4, -0.2) is 37.5 Å². The Morgan fingerprint density at radius 1 is 1.29 bits per heavy atom. The Hall–Kier alpha value is -3.01. The van der Waals surface area contributed by atoms with Gasteiger partial charge in [-0.25, -0.2) is 13.1 Å². The van der Waals surface area contributed by atoms with Gasteiger partial charge < -0.3 is 10.1 Å². The number of alkyl halides is 2. The van der Waals surface area contributed by atoms with E-state index in [1.807, 2.05) is 0 Å². The molecule has 1 N–H and O–H groups in total. The lowest BCUT2D eigenvalue weighted by molar-refractivity contribution is -0.115. The van der Waals surface area contributed by atoms with E-state index in [-0.39, 0.29) is 27.9 Å². The summed E-state index contributed by atoms with van der Waals surface area (Å²) in [6, 6.07) is 9.59. The summed E-state index contributed by atoms with van der Waals surface area (Å²) in [7, 11) is -2.27. The summed E-state index contributed by atoms with van der Waals surface area (Å²) in [5.41, 5.74) is 0.740. The van der Waals surface area contributed by atoms with E-state index in [2.05, 4.69) is 10.4 Å². The Morgan fingerprint density at radius 3 is 2.64 bits per heavy atom. The first-order chi connectivity index (χ1) is 13.2. The second-order valence-corrected chi connectivity index (χ2v) is 8.09. The molecule has 3 rings (SSSR count). The fourth-order valence-corrected chi connectivity index (χ4v) is 3.65. The molecule has 0 saturated carbocycles. The molecule has 1 amide bonds. The van der Waals surface area contributed by atoms with Crippen LogP contribution in [0.25, 0.3) is 10.9 Å². The second kappa shape index (κ2) is 7.55. The van der Waals surface area contributed by atoms with Crippen molar-refractivity contribution in [3.8, 4) is 5.75 Å². The average molecular weight is 409 g/mol. The first-order valence-corrected chi connectivity index (χ1v) is 10.0. The maximum absolute atomic E-state index is 12.9. The van der Waals surface area contributed by atoms with Crippen LogP contribution in [0, 0.1) is 0 Å². The molecule has 1 heterocycles. The fourth-order valence-electron chi connectivity index (χ4n) is 2.80. The molecule has 7 nitrogen and oxygen atoms in total. The summed E-state index contributed by atoms with van der Waals surface area (Å²) in [4.78, 5) is 12.2. The van der Waals surface area contributed by atoms with E-state index < -0.39 is 22.3 Å². The molecule has 0 saturated heterocycles. The van der Waals surface area contributed by atoms with Crippen LogP contribution in [0.4, 0.5) is 14.5 Å². The Balaban J connectivity index is 1.95. The van der Waals surface area contributed by atoms with E-state index in [9.17, 15) is 22.0 Å². The van der Waals surface area contributed by atoms with Crippen LogP contribution in [0.3, 0.4) is 0 Å². The first kappa shape index (κ1) is 19.7. The molecule has 3 aromatic rings. The molecular formula is C18H17F2N3O4S. The molecule has 0 spiro atoms. The highest BCUT2D eigenvalue weighted by Crippen LogP contribution is 2.28. The Bertz CT molecular complexity index is 1140. The minimum atomic E-state index is -3.76. The van der Waals surface area contributed by atoms with Gasteiger partial charge in [-0.2, -0.15) is 13.9 Å². The van der Waals surface area contributed by atoms with Gasteiger partial charge in [0, 0.05) is 29.1 Å². The van der Waals surface area contributed by atoms with Crippen molar-refractivity contribution < 1.29 is 26.7 Å². The van der Waals surface area contributed by atoms with Crippen LogP contribution in [0.1, 0.15) is 12.1 Å². The number of hydrogen-bond acceptors (Lipinski definition) is 5. The minimum Gasteiger partial charge on any atom is -0.496 e. The summed E-state index contributed by atoms with van der Waals surface area (Å²) in [6.07, 6.45) is 1.97. The zero-order chi connectivity index (χ0) is 20.5. The van der Waals surface area contributed by atoms with Gasteiger partial charge in [-0.1, -0.05) is 18.2 Å². The van der Waals surface area contributed by atoms with Crippen LogP contribution in [0.2, 0.25) is 0 Å². The summed E-state index contributed by atoms with van der Waals surface area (Å²) in [5.74, 6) is 0.132. The van der Waals surface area contributed by atoms with Gasteiger partial charge in [0.1, 0.15) is 11.3 Å². The zero-order valence-electron chi connectivity index (χ0n) is 15.0. The summed E-state index contributed by atoms with van der Waals surface area (Å²) >= 11 is 0. The van der Waals surface area contributed by atoms with E-state index in [1.54, 1.807) is 24.3 Å². The van der Waals surface area contributed by atoms with Gasteiger partial charge in [0.05, 0.1) is 18.4 Å². The van der Waals surface area contributed by atoms with E-state index in [4.69, 9.17) is 4.74 Å². The molecular weight excluding hydrogens is 392 g/mol. The molecule has 28 heavy (non-hydrogen) atoms. The Labute approximate surface area is 159 Å². The summed E-state index contributed by atoms with van der Waals surface area (Å²) < 4.78 is 55.6. The highest BCUT2D eigenvalue weighted by atomic mass is 32.2. The first-order valence-electron chi connectivity index (χ1n) is 8.12. The molecule has 148 valence electrons. The number of nitrogens with one attached hydrogen (secondary N) is 1. The topological polar surface area (TPSA) is 90.3 Å². The van der Waals surface area contributed by atoms with Crippen molar-refractivity contribution in [1.29, 1.82) is 0 Å². The van der Waals surface area contributed by atoms with Crippen molar-refractivity contribution in [3.05, 3.63) is 48.2 Å². The SMILES string of the molecule is COc1ccccc1CC(=O)Nc1cc(S(C)(=O)=O)c2nn(C(F)F)cc2c1. The summed E-state index contributed by atoms with van der Waals surface area (Å²) in [6.45, 7) is -2.91. The highest BCUT2D eigenvalue weighted by Gasteiger charge is 2.20. The van der Waals surface area contributed by atoms with Crippen molar-refractivity contribution in [2.45, 2.75) is 17.9 Å². The van der Waals surface area contributed by atoms with Crippen LogP contribution >= 0.6 is 0 Å². The number of benzene rings is 2. The molecule has 0 aliphatic rings. The number of aromatic nitrogens is 2. The largest absolute Gasteiger partial charge is 0.496 e. The van der Waals surface area contributed by atoms with Gasteiger partial charge in [0.25, 0.3) is 0 Å². The lowest BCUT2D eigenvalue weighted by Crippen LogP contribution is -2.15. The van der Waals surface area contributed by atoms with Crippen molar-refractivity contribution in [1.82, 2.24) is 9.78 Å². The molecule has 0 radical (unpaired) electrons. The number of anilines is 1. The summed E-state index contributed by atoms with van der Waals surface area (Å²) in [5, 5.41) is 6.43. The monoisotopic (exact) mass is 409 g/mol. The molecule has 0 bridgehead atoms. The molecule has 2 aromatic carbocycles. The van der Waals surface area contributed by atoms with Gasteiger partial charge >= 0.3 is 6.55 Å². The van der Waals surface area contributed by atoms with Crippen molar-refractivity contribution >= 4 is 32.3 Å². The third-order valence-corrected chi connectivity index (χ3v) is 5.13. The number of amides is 1. The minimum absolute atomic E-state index is 0.00739. The fraction of sp³-hybridized carbons (Fsp3) is 0.222. The molecule has 0 unspecified atom stereocenters. The lowest BCUT2D eigenvalue weighted by Gasteiger charge is -2.10. The van der Waals surface area contributed by atoms with Gasteiger partial charge in [-0.3, -0.25) is 4.79 Å². The number of methoxy groups -OCH3 is 1. The number of rotatable bonds is 6.